The second-order valence-corrected chi connectivity index (χ2v) is 5.75. The molecule has 0 aliphatic heterocycles. The van der Waals surface area contributed by atoms with E-state index in [0.29, 0.717) is 30.3 Å². The highest BCUT2D eigenvalue weighted by molar-refractivity contribution is 5.72. The van der Waals surface area contributed by atoms with Crippen LogP contribution in [0.5, 0.6) is 0 Å². The van der Waals surface area contributed by atoms with E-state index in [0.717, 1.165) is 17.0 Å². The Balaban J connectivity index is 2.40. The van der Waals surface area contributed by atoms with Gasteiger partial charge in [0.15, 0.2) is 11.2 Å². The fraction of sp³-hybridized carbons (Fsp3) is 0.467. The Morgan fingerprint density at radius 1 is 1.21 bits per heavy atom. The first kappa shape index (κ1) is 16.2. The standard InChI is InChI=1S/C15H20N6O3/c1-8-9(2)18-21(10(8)3)14-16-12-11(20(14)6-7-24-5)13(22)17-15(23)19(12)4/h6-7H2,1-5H3,(H,17,22,23). The Bertz CT molecular complexity index is 1040. The number of hydrogen-bond acceptors (Lipinski definition) is 5. The predicted molar refractivity (Wildman–Crippen MR) is 88.8 cm³/mol. The molecule has 0 saturated heterocycles. The first-order valence-electron chi connectivity index (χ1n) is 7.58. The Morgan fingerprint density at radius 3 is 2.50 bits per heavy atom. The zero-order valence-corrected chi connectivity index (χ0v) is 14.4. The lowest BCUT2D eigenvalue weighted by atomic mass is 10.2. The Morgan fingerprint density at radius 2 is 1.92 bits per heavy atom. The van der Waals surface area contributed by atoms with Crippen molar-refractivity contribution in [2.24, 2.45) is 7.05 Å². The number of rotatable bonds is 4. The minimum Gasteiger partial charge on any atom is -0.383 e. The molecule has 1 N–H and O–H groups in total. The molecule has 0 aliphatic carbocycles. The van der Waals surface area contributed by atoms with E-state index in [1.807, 2.05) is 20.8 Å². The molecule has 0 bridgehead atoms. The van der Waals surface area contributed by atoms with Gasteiger partial charge in [0.2, 0.25) is 5.95 Å². The molecule has 9 heteroatoms. The molecule has 3 aromatic rings. The number of fused-ring (bicyclic) bond motifs is 1. The summed E-state index contributed by atoms with van der Waals surface area (Å²) >= 11 is 0. The van der Waals surface area contributed by atoms with Crippen LogP contribution in [0.3, 0.4) is 0 Å². The minimum atomic E-state index is -0.500. The molecule has 0 aliphatic rings. The zero-order valence-electron chi connectivity index (χ0n) is 14.4. The van der Waals surface area contributed by atoms with Crippen LogP contribution in [-0.2, 0) is 18.3 Å². The van der Waals surface area contributed by atoms with Crippen molar-refractivity contribution in [3.05, 3.63) is 37.8 Å². The number of nitrogens with one attached hydrogen (secondary N) is 1. The maximum atomic E-state index is 12.3. The molecule has 0 saturated carbocycles. The van der Waals surface area contributed by atoms with Crippen molar-refractivity contribution >= 4 is 11.2 Å². The summed E-state index contributed by atoms with van der Waals surface area (Å²) in [6, 6.07) is 0. The van der Waals surface area contributed by atoms with Crippen molar-refractivity contribution in [1.82, 2.24) is 28.9 Å². The average molecular weight is 332 g/mol. The summed E-state index contributed by atoms with van der Waals surface area (Å²) in [4.78, 5) is 31.0. The van der Waals surface area contributed by atoms with Crippen molar-refractivity contribution < 1.29 is 4.74 Å². The van der Waals surface area contributed by atoms with Gasteiger partial charge in [0.05, 0.1) is 12.3 Å². The largest absolute Gasteiger partial charge is 0.383 e. The summed E-state index contributed by atoms with van der Waals surface area (Å²) in [5.41, 5.74) is 2.56. The van der Waals surface area contributed by atoms with Gasteiger partial charge in [-0.25, -0.2) is 9.48 Å². The zero-order chi connectivity index (χ0) is 17.6. The van der Waals surface area contributed by atoms with E-state index < -0.39 is 11.2 Å². The molecule has 3 heterocycles. The van der Waals surface area contributed by atoms with E-state index in [4.69, 9.17) is 4.74 Å². The molecule has 0 radical (unpaired) electrons. The SMILES string of the molecule is COCCn1c(-n2nc(C)c(C)c2C)nc2c1c(=O)[nH]c(=O)n2C. The number of aryl methyl sites for hydroxylation is 2. The summed E-state index contributed by atoms with van der Waals surface area (Å²) in [5, 5.41) is 4.52. The van der Waals surface area contributed by atoms with Gasteiger partial charge in [-0.15, -0.1) is 0 Å². The van der Waals surface area contributed by atoms with Gasteiger partial charge in [-0.1, -0.05) is 0 Å². The number of methoxy groups -OCH3 is 1. The van der Waals surface area contributed by atoms with Crippen LogP contribution in [0.2, 0.25) is 0 Å². The highest BCUT2D eigenvalue weighted by Gasteiger charge is 2.21. The fourth-order valence-electron chi connectivity index (χ4n) is 2.69. The number of nitrogens with zero attached hydrogens (tertiary/aromatic N) is 5. The van der Waals surface area contributed by atoms with Gasteiger partial charge in [-0.3, -0.25) is 14.3 Å². The highest BCUT2D eigenvalue weighted by atomic mass is 16.5. The third-order valence-electron chi connectivity index (χ3n) is 4.35. The number of aromatic amines is 1. The Kier molecular flexibility index (Phi) is 3.88. The van der Waals surface area contributed by atoms with E-state index in [1.165, 1.54) is 4.57 Å². The Hall–Kier alpha value is -2.68. The smallest absolute Gasteiger partial charge is 0.329 e. The van der Waals surface area contributed by atoms with Crippen molar-refractivity contribution in [2.45, 2.75) is 27.3 Å². The molecule has 3 aromatic heterocycles. The lowest BCUT2D eigenvalue weighted by Crippen LogP contribution is -2.29. The molecular formula is C15H20N6O3. The van der Waals surface area contributed by atoms with Gasteiger partial charge in [0, 0.05) is 26.4 Å². The minimum absolute atomic E-state index is 0.319. The molecule has 24 heavy (non-hydrogen) atoms. The molecule has 3 rings (SSSR count). The van der Waals surface area contributed by atoms with Crippen LogP contribution >= 0.6 is 0 Å². The molecule has 0 amide bonds. The second kappa shape index (κ2) is 5.75. The van der Waals surface area contributed by atoms with Crippen LogP contribution in [0.25, 0.3) is 17.1 Å². The van der Waals surface area contributed by atoms with E-state index in [-0.39, 0.29) is 0 Å². The van der Waals surface area contributed by atoms with Crippen molar-refractivity contribution in [3.8, 4) is 5.95 Å². The molecule has 0 aromatic carbocycles. The second-order valence-electron chi connectivity index (χ2n) is 5.75. The van der Waals surface area contributed by atoms with E-state index in [9.17, 15) is 9.59 Å². The van der Waals surface area contributed by atoms with Crippen LogP contribution in [0.1, 0.15) is 17.0 Å². The topological polar surface area (TPSA) is 99.7 Å². The fourth-order valence-corrected chi connectivity index (χ4v) is 2.69. The molecule has 128 valence electrons. The number of hydrogen-bond donors (Lipinski definition) is 1. The van der Waals surface area contributed by atoms with Gasteiger partial charge in [-0.2, -0.15) is 10.1 Å². The van der Waals surface area contributed by atoms with Crippen LogP contribution in [0.15, 0.2) is 9.59 Å². The first-order valence-corrected chi connectivity index (χ1v) is 7.58. The normalized spacial score (nSPS) is 11.5. The molecule has 0 unspecified atom stereocenters. The van der Waals surface area contributed by atoms with Gasteiger partial charge >= 0.3 is 5.69 Å². The molecule has 0 spiro atoms. The summed E-state index contributed by atoms with van der Waals surface area (Å²) < 4.78 is 9.90. The van der Waals surface area contributed by atoms with Gasteiger partial charge in [-0.05, 0) is 26.3 Å². The van der Waals surface area contributed by atoms with Gasteiger partial charge in [0.25, 0.3) is 5.56 Å². The van der Waals surface area contributed by atoms with Crippen molar-refractivity contribution in [3.63, 3.8) is 0 Å². The summed E-state index contributed by atoms with van der Waals surface area (Å²) in [7, 11) is 3.16. The maximum Gasteiger partial charge on any atom is 0.329 e. The number of H-pyrrole nitrogens is 1. The molecule has 0 fully saturated rings. The van der Waals surface area contributed by atoms with E-state index >= 15 is 0 Å². The monoisotopic (exact) mass is 332 g/mol. The third kappa shape index (κ3) is 2.28. The number of ether oxygens (including phenoxy) is 1. The lowest BCUT2D eigenvalue weighted by Gasteiger charge is -2.09. The number of imidazole rings is 1. The van der Waals surface area contributed by atoms with Gasteiger partial charge < -0.3 is 9.30 Å². The lowest BCUT2D eigenvalue weighted by molar-refractivity contribution is 0.188. The average Bonchev–Trinajstić information content (AvgIpc) is 3.04. The summed E-state index contributed by atoms with van der Waals surface area (Å²) in [6.07, 6.45) is 0. The number of aromatic nitrogens is 6. The maximum absolute atomic E-state index is 12.3. The molecule has 0 atom stereocenters. The molecule has 9 nitrogen and oxygen atoms in total. The highest BCUT2D eigenvalue weighted by Crippen LogP contribution is 2.19. The van der Waals surface area contributed by atoms with Crippen LogP contribution < -0.4 is 11.2 Å². The van der Waals surface area contributed by atoms with E-state index in [1.54, 1.807) is 23.4 Å². The van der Waals surface area contributed by atoms with Crippen molar-refractivity contribution in [2.75, 3.05) is 13.7 Å². The van der Waals surface area contributed by atoms with Crippen LogP contribution in [0, 0.1) is 20.8 Å². The summed E-state index contributed by atoms with van der Waals surface area (Å²) in [5.74, 6) is 0.488. The predicted octanol–water partition coefficient (Wildman–Crippen LogP) is 0.181. The van der Waals surface area contributed by atoms with Crippen LogP contribution in [-0.4, -0.2) is 42.6 Å². The molecular weight excluding hydrogens is 312 g/mol. The third-order valence-corrected chi connectivity index (χ3v) is 4.35. The Labute approximate surface area is 137 Å². The van der Waals surface area contributed by atoms with E-state index in [2.05, 4.69) is 15.1 Å². The first-order chi connectivity index (χ1) is 11.4. The van der Waals surface area contributed by atoms with Crippen LogP contribution in [0.4, 0.5) is 0 Å². The van der Waals surface area contributed by atoms with Gasteiger partial charge in [0.1, 0.15) is 0 Å². The summed E-state index contributed by atoms with van der Waals surface area (Å²) in [6.45, 7) is 6.67. The quantitative estimate of drug-likeness (QED) is 0.735. The van der Waals surface area contributed by atoms with Crippen molar-refractivity contribution in [1.29, 1.82) is 0 Å².